The van der Waals surface area contributed by atoms with Gasteiger partial charge in [-0.3, -0.25) is 9.59 Å². The molecule has 0 atom stereocenters. The van der Waals surface area contributed by atoms with Gasteiger partial charge in [0, 0.05) is 10.2 Å². The van der Waals surface area contributed by atoms with Crippen molar-refractivity contribution in [1.29, 1.82) is 0 Å². The minimum Gasteiger partial charge on any atom is -0.480 e. The first-order valence-electron chi connectivity index (χ1n) is 5.06. The van der Waals surface area contributed by atoms with Crippen LogP contribution >= 0.6 is 15.9 Å². The van der Waals surface area contributed by atoms with Crippen molar-refractivity contribution >= 4 is 33.5 Å². The number of amides is 1. The van der Waals surface area contributed by atoms with E-state index in [0.29, 0.717) is 5.69 Å². The third-order valence-electron chi connectivity index (χ3n) is 2.54. The Balaban J connectivity index is 2.92. The summed E-state index contributed by atoms with van der Waals surface area (Å²) in [6.45, 7) is 4.59. The van der Waals surface area contributed by atoms with E-state index in [9.17, 15) is 9.59 Å². The molecular formula is C12H14BrNO3. The molecule has 0 aliphatic heterocycles. The van der Waals surface area contributed by atoms with Crippen LogP contribution in [0.2, 0.25) is 0 Å². The Kier molecular flexibility index (Phi) is 3.93. The quantitative estimate of drug-likeness (QED) is 0.844. The van der Waals surface area contributed by atoms with E-state index in [4.69, 9.17) is 5.11 Å². The van der Waals surface area contributed by atoms with Gasteiger partial charge in [0.15, 0.2) is 0 Å². The molecule has 0 bridgehead atoms. The number of benzene rings is 1. The summed E-state index contributed by atoms with van der Waals surface area (Å²) in [4.78, 5) is 22.7. The molecule has 5 heteroatoms. The average Bonchev–Trinajstić information content (AvgIpc) is 2.21. The van der Waals surface area contributed by atoms with Crippen LogP contribution in [0.4, 0.5) is 5.69 Å². The number of aryl methyl sites for hydroxylation is 1. The Hall–Kier alpha value is -1.36. The van der Waals surface area contributed by atoms with Gasteiger partial charge < -0.3 is 10.4 Å². The monoisotopic (exact) mass is 299 g/mol. The fraction of sp³-hybridized carbons (Fsp3) is 0.333. The largest absolute Gasteiger partial charge is 0.480 e. The van der Waals surface area contributed by atoms with Crippen LogP contribution in [0.25, 0.3) is 0 Å². The maximum atomic E-state index is 11.8. The number of hydrogen-bond donors (Lipinski definition) is 2. The number of aliphatic carboxylic acids is 1. The van der Waals surface area contributed by atoms with Crippen LogP contribution in [0.15, 0.2) is 22.7 Å². The van der Waals surface area contributed by atoms with Gasteiger partial charge in [0.05, 0.1) is 0 Å². The summed E-state index contributed by atoms with van der Waals surface area (Å²) in [5.74, 6) is -1.68. The first-order valence-corrected chi connectivity index (χ1v) is 5.85. The number of carboxylic acid groups (broad SMARTS) is 1. The van der Waals surface area contributed by atoms with Crippen molar-refractivity contribution < 1.29 is 14.7 Å². The molecule has 0 aliphatic rings. The van der Waals surface area contributed by atoms with Crippen LogP contribution in [0, 0.1) is 12.3 Å². The van der Waals surface area contributed by atoms with Crippen LogP contribution in [0.1, 0.15) is 19.4 Å². The van der Waals surface area contributed by atoms with Gasteiger partial charge in [0.25, 0.3) is 0 Å². The van der Waals surface area contributed by atoms with E-state index in [1.807, 2.05) is 13.0 Å². The fourth-order valence-electron chi connectivity index (χ4n) is 1.14. The molecule has 0 saturated heterocycles. The summed E-state index contributed by atoms with van der Waals surface area (Å²) in [6, 6.07) is 5.37. The molecule has 1 aromatic rings. The van der Waals surface area contributed by atoms with E-state index >= 15 is 0 Å². The highest BCUT2D eigenvalue weighted by molar-refractivity contribution is 9.10. The molecule has 0 heterocycles. The number of anilines is 1. The van der Waals surface area contributed by atoms with E-state index in [1.54, 1.807) is 12.1 Å². The third kappa shape index (κ3) is 3.06. The average molecular weight is 300 g/mol. The van der Waals surface area contributed by atoms with Gasteiger partial charge in [-0.15, -0.1) is 0 Å². The second-order valence-corrected chi connectivity index (χ2v) is 5.26. The van der Waals surface area contributed by atoms with Crippen molar-refractivity contribution in [1.82, 2.24) is 0 Å². The van der Waals surface area contributed by atoms with Gasteiger partial charge >= 0.3 is 5.97 Å². The molecule has 1 rings (SSSR count). The number of carboxylic acids is 1. The van der Waals surface area contributed by atoms with Crippen molar-refractivity contribution in [2.75, 3.05) is 5.32 Å². The molecule has 0 unspecified atom stereocenters. The first kappa shape index (κ1) is 13.7. The minimum atomic E-state index is -1.44. The van der Waals surface area contributed by atoms with Gasteiger partial charge in [-0.25, -0.2) is 0 Å². The molecule has 0 fully saturated rings. The number of nitrogens with one attached hydrogen (secondary N) is 1. The first-order chi connectivity index (χ1) is 7.75. The van der Waals surface area contributed by atoms with Gasteiger partial charge in [-0.05, 0) is 44.5 Å². The SMILES string of the molecule is Cc1cc(Br)ccc1NC(=O)C(C)(C)C(=O)O. The lowest BCUT2D eigenvalue weighted by molar-refractivity contribution is -0.151. The van der Waals surface area contributed by atoms with E-state index < -0.39 is 17.3 Å². The molecule has 4 nitrogen and oxygen atoms in total. The zero-order valence-corrected chi connectivity index (χ0v) is 11.5. The smallest absolute Gasteiger partial charge is 0.318 e. The molecule has 0 aromatic heterocycles. The third-order valence-corrected chi connectivity index (χ3v) is 3.03. The minimum absolute atomic E-state index is 0.532. The summed E-state index contributed by atoms with van der Waals surface area (Å²) in [6.07, 6.45) is 0. The molecule has 0 saturated carbocycles. The van der Waals surface area contributed by atoms with Crippen LogP contribution in [-0.4, -0.2) is 17.0 Å². The van der Waals surface area contributed by atoms with E-state index in [0.717, 1.165) is 10.0 Å². The zero-order valence-electron chi connectivity index (χ0n) is 9.87. The number of rotatable bonds is 3. The van der Waals surface area contributed by atoms with Gasteiger partial charge in [-0.2, -0.15) is 0 Å². The van der Waals surface area contributed by atoms with Crippen LogP contribution in [0.5, 0.6) is 0 Å². The highest BCUT2D eigenvalue weighted by Crippen LogP contribution is 2.23. The van der Waals surface area contributed by atoms with Crippen LogP contribution < -0.4 is 5.32 Å². The van der Waals surface area contributed by atoms with Crippen molar-refractivity contribution in [3.8, 4) is 0 Å². The molecular weight excluding hydrogens is 286 g/mol. The Morgan fingerprint density at radius 1 is 1.35 bits per heavy atom. The van der Waals surface area contributed by atoms with E-state index in [2.05, 4.69) is 21.2 Å². The Morgan fingerprint density at radius 3 is 2.41 bits per heavy atom. The van der Waals surface area contributed by atoms with Crippen molar-refractivity contribution in [3.63, 3.8) is 0 Å². The van der Waals surface area contributed by atoms with Crippen molar-refractivity contribution in [2.24, 2.45) is 5.41 Å². The number of hydrogen-bond acceptors (Lipinski definition) is 2. The summed E-state index contributed by atoms with van der Waals surface area (Å²) in [5.41, 5.74) is 0.0425. The summed E-state index contributed by atoms with van der Waals surface area (Å²) in [5, 5.41) is 11.6. The fourth-order valence-corrected chi connectivity index (χ4v) is 1.62. The van der Waals surface area contributed by atoms with Crippen molar-refractivity contribution in [3.05, 3.63) is 28.2 Å². The summed E-state index contributed by atoms with van der Waals surface area (Å²) >= 11 is 3.32. The molecule has 0 aliphatic carbocycles. The Bertz CT molecular complexity index is 469. The number of halogens is 1. The lowest BCUT2D eigenvalue weighted by Crippen LogP contribution is -2.37. The molecule has 92 valence electrons. The van der Waals surface area contributed by atoms with Gasteiger partial charge in [0.2, 0.25) is 5.91 Å². The normalized spacial score (nSPS) is 11.1. The second kappa shape index (κ2) is 4.87. The molecule has 1 aromatic carbocycles. The highest BCUT2D eigenvalue weighted by atomic mass is 79.9. The second-order valence-electron chi connectivity index (χ2n) is 4.34. The van der Waals surface area contributed by atoms with E-state index in [1.165, 1.54) is 13.8 Å². The molecule has 17 heavy (non-hydrogen) atoms. The summed E-state index contributed by atoms with van der Waals surface area (Å²) < 4.78 is 0.908. The standard InChI is InChI=1S/C12H14BrNO3/c1-7-6-8(13)4-5-9(7)14-10(15)12(2,3)11(16)17/h4-6H,1-3H3,(H,14,15)(H,16,17). The van der Waals surface area contributed by atoms with E-state index in [-0.39, 0.29) is 0 Å². The Morgan fingerprint density at radius 2 is 1.94 bits per heavy atom. The molecule has 2 N–H and O–H groups in total. The number of carbonyl (C=O) groups is 2. The zero-order chi connectivity index (χ0) is 13.2. The lowest BCUT2D eigenvalue weighted by atomic mass is 9.92. The maximum Gasteiger partial charge on any atom is 0.318 e. The Labute approximate surface area is 108 Å². The van der Waals surface area contributed by atoms with Gasteiger partial charge in [-0.1, -0.05) is 15.9 Å². The van der Waals surface area contributed by atoms with Crippen molar-refractivity contribution in [2.45, 2.75) is 20.8 Å². The number of carbonyl (C=O) groups excluding carboxylic acids is 1. The maximum absolute atomic E-state index is 11.8. The van der Waals surface area contributed by atoms with Gasteiger partial charge in [0.1, 0.15) is 5.41 Å². The highest BCUT2D eigenvalue weighted by Gasteiger charge is 2.36. The molecule has 1 amide bonds. The predicted octanol–water partition coefficient (Wildman–Crippen LogP) is 2.81. The molecule has 0 radical (unpaired) electrons. The lowest BCUT2D eigenvalue weighted by Gasteiger charge is -2.19. The molecule has 0 spiro atoms. The van der Waals surface area contributed by atoms with Crippen LogP contribution in [0.3, 0.4) is 0 Å². The summed E-state index contributed by atoms with van der Waals surface area (Å²) in [7, 11) is 0. The topological polar surface area (TPSA) is 66.4 Å². The van der Waals surface area contributed by atoms with Crippen LogP contribution in [-0.2, 0) is 9.59 Å². The predicted molar refractivity (Wildman–Crippen MR) is 68.9 cm³/mol.